The van der Waals surface area contributed by atoms with Gasteiger partial charge < -0.3 is 4.98 Å². The van der Waals surface area contributed by atoms with Gasteiger partial charge in [-0.1, -0.05) is 15.9 Å². The molecule has 2 nitrogen and oxygen atoms in total. The molecule has 0 fully saturated rings. The Labute approximate surface area is 144 Å². The van der Waals surface area contributed by atoms with Crippen molar-refractivity contribution in [2.45, 2.75) is 13.8 Å². The van der Waals surface area contributed by atoms with Crippen LogP contribution < -0.4 is 0 Å². The van der Waals surface area contributed by atoms with Gasteiger partial charge in [-0.25, -0.2) is 0 Å². The highest BCUT2D eigenvalue weighted by atomic mass is 127. The number of benzene rings is 2. The van der Waals surface area contributed by atoms with Crippen molar-refractivity contribution in [2.24, 2.45) is 0 Å². The number of hydrogen-bond acceptors (Lipinski definition) is 1. The molecule has 1 heterocycles. The van der Waals surface area contributed by atoms with Gasteiger partial charge in [0.25, 0.3) is 0 Å². The smallest absolute Gasteiger partial charge is 0.182 e. The summed E-state index contributed by atoms with van der Waals surface area (Å²) < 4.78 is 5.17. The molecule has 0 aliphatic carbocycles. The number of H-pyrrole nitrogens is 1. The van der Waals surface area contributed by atoms with Crippen LogP contribution >= 0.6 is 50.7 Å². The first-order chi connectivity index (χ1) is 9.47. The molecule has 0 spiro atoms. The Morgan fingerprint density at radius 2 is 1.80 bits per heavy atom. The summed E-state index contributed by atoms with van der Waals surface area (Å²) in [6.45, 7) is 4.20. The van der Waals surface area contributed by atoms with Gasteiger partial charge in [-0.15, -0.1) is 0 Å². The molecule has 20 heavy (non-hydrogen) atoms. The van der Waals surface area contributed by atoms with Crippen LogP contribution in [-0.2, 0) is 0 Å². The fraction of sp³-hybridized carbons (Fsp3) is 0.133. The highest BCUT2D eigenvalue weighted by Gasteiger charge is 2.09. The SMILES string of the molecule is Cc1cc(-n2c(=S)[nH]c3cc(I)ccc32)cc(C)c1Br. The van der Waals surface area contributed by atoms with Crippen molar-refractivity contribution in [3.05, 3.63) is 54.3 Å². The van der Waals surface area contributed by atoms with Gasteiger partial charge in [0, 0.05) is 13.7 Å². The van der Waals surface area contributed by atoms with Crippen LogP contribution in [0.15, 0.2) is 34.8 Å². The third-order valence-corrected chi connectivity index (χ3v) is 5.53. The lowest BCUT2D eigenvalue weighted by molar-refractivity contribution is 1.05. The maximum absolute atomic E-state index is 5.49. The van der Waals surface area contributed by atoms with Crippen LogP contribution in [0.5, 0.6) is 0 Å². The minimum Gasteiger partial charge on any atom is -0.330 e. The van der Waals surface area contributed by atoms with E-state index in [0.717, 1.165) is 26.0 Å². The number of halogens is 2. The molecule has 3 aromatic rings. The second-order valence-electron chi connectivity index (χ2n) is 4.82. The van der Waals surface area contributed by atoms with Crippen LogP contribution in [0.1, 0.15) is 11.1 Å². The monoisotopic (exact) mass is 458 g/mol. The van der Waals surface area contributed by atoms with Crippen molar-refractivity contribution in [3.8, 4) is 5.69 Å². The average Bonchev–Trinajstić information content (AvgIpc) is 2.70. The van der Waals surface area contributed by atoms with E-state index in [0.29, 0.717) is 0 Å². The summed E-state index contributed by atoms with van der Waals surface area (Å²) in [5, 5.41) is 0. The molecule has 0 saturated heterocycles. The number of nitrogens with zero attached hydrogens (tertiary/aromatic N) is 1. The summed E-state index contributed by atoms with van der Waals surface area (Å²) in [5.74, 6) is 0. The van der Waals surface area contributed by atoms with E-state index in [1.165, 1.54) is 14.7 Å². The maximum atomic E-state index is 5.49. The molecule has 0 aliphatic rings. The van der Waals surface area contributed by atoms with Crippen molar-refractivity contribution in [3.63, 3.8) is 0 Å². The number of hydrogen-bond donors (Lipinski definition) is 1. The maximum Gasteiger partial charge on any atom is 0.182 e. The Bertz CT molecular complexity index is 856. The Morgan fingerprint density at radius 3 is 2.45 bits per heavy atom. The molecule has 102 valence electrons. The molecule has 0 saturated carbocycles. The summed E-state index contributed by atoms with van der Waals surface area (Å²) >= 11 is 11.4. The number of imidazole rings is 1. The van der Waals surface area contributed by atoms with E-state index in [2.05, 4.69) is 92.3 Å². The number of rotatable bonds is 1. The molecule has 5 heteroatoms. The number of fused-ring (bicyclic) bond motifs is 1. The summed E-state index contributed by atoms with van der Waals surface area (Å²) in [6, 6.07) is 10.6. The van der Waals surface area contributed by atoms with E-state index in [4.69, 9.17) is 12.2 Å². The molecular weight excluding hydrogens is 447 g/mol. The van der Waals surface area contributed by atoms with Gasteiger partial charge in [0.05, 0.1) is 11.0 Å². The molecule has 1 aromatic heterocycles. The molecular formula is C15H12BrIN2S. The van der Waals surface area contributed by atoms with Gasteiger partial charge in [-0.2, -0.15) is 0 Å². The summed E-state index contributed by atoms with van der Waals surface area (Å²) in [7, 11) is 0. The lowest BCUT2D eigenvalue weighted by atomic mass is 10.1. The fourth-order valence-corrected chi connectivity index (χ4v) is 3.43. The van der Waals surface area contributed by atoms with Crippen molar-refractivity contribution in [1.82, 2.24) is 9.55 Å². The lowest BCUT2D eigenvalue weighted by Crippen LogP contribution is -1.96. The van der Waals surface area contributed by atoms with Crippen molar-refractivity contribution in [1.29, 1.82) is 0 Å². The zero-order valence-corrected chi connectivity index (χ0v) is 15.6. The Hall–Kier alpha value is -0.660. The van der Waals surface area contributed by atoms with Crippen molar-refractivity contribution < 1.29 is 0 Å². The predicted octanol–water partition coefficient (Wildman–Crippen LogP) is 5.67. The topological polar surface area (TPSA) is 20.7 Å². The first-order valence-electron chi connectivity index (χ1n) is 6.15. The van der Waals surface area contributed by atoms with Gasteiger partial charge in [0.1, 0.15) is 0 Å². The van der Waals surface area contributed by atoms with Gasteiger partial charge in [0.2, 0.25) is 0 Å². The van der Waals surface area contributed by atoms with E-state index >= 15 is 0 Å². The van der Waals surface area contributed by atoms with Crippen LogP contribution in [0.3, 0.4) is 0 Å². The number of aryl methyl sites for hydroxylation is 2. The normalized spacial score (nSPS) is 11.2. The summed E-state index contributed by atoms with van der Waals surface area (Å²) in [4.78, 5) is 3.28. The van der Waals surface area contributed by atoms with E-state index in [1.54, 1.807) is 0 Å². The van der Waals surface area contributed by atoms with Gasteiger partial charge in [0.15, 0.2) is 4.77 Å². The van der Waals surface area contributed by atoms with Crippen molar-refractivity contribution >= 4 is 61.8 Å². The van der Waals surface area contributed by atoms with Crippen LogP contribution in [0.2, 0.25) is 0 Å². The number of aromatic amines is 1. The van der Waals surface area contributed by atoms with E-state index in [9.17, 15) is 0 Å². The van der Waals surface area contributed by atoms with E-state index in [1.807, 2.05) is 0 Å². The van der Waals surface area contributed by atoms with Crippen LogP contribution in [0, 0.1) is 22.2 Å². The standard InChI is InChI=1S/C15H12BrIN2S/c1-8-5-11(6-9(2)14(8)16)19-13-4-3-10(17)7-12(13)18-15(19)20/h3-7H,1-2H3,(H,18,20). The molecule has 0 atom stereocenters. The zero-order valence-electron chi connectivity index (χ0n) is 11.0. The minimum absolute atomic E-state index is 0.725. The Balaban J connectivity index is 2.35. The third-order valence-electron chi connectivity index (χ3n) is 3.32. The van der Waals surface area contributed by atoms with Crippen molar-refractivity contribution in [2.75, 3.05) is 0 Å². The average molecular weight is 459 g/mol. The molecule has 1 N–H and O–H groups in total. The number of nitrogens with one attached hydrogen (secondary N) is 1. The molecule has 0 unspecified atom stereocenters. The molecule has 0 amide bonds. The van der Waals surface area contributed by atoms with Gasteiger partial charge in [-0.05, 0) is 90.1 Å². The molecule has 0 aliphatic heterocycles. The third kappa shape index (κ3) is 2.35. The van der Waals surface area contributed by atoms with Gasteiger partial charge in [-0.3, -0.25) is 4.57 Å². The minimum atomic E-state index is 0.725. The van der Waals surface area contributed by atoms with Crippen LogP contribution in [0.25, 0.3) is 16.7 Å². The molecule has 0 bridgehead atoms. The Kier molecular flexibility index (Phi) is 3.77. The highest BCUT2D eigenvalue weighted by molar-refractivity contribution is 14.1. The quantitative estimate of drug-likeness (QED) is 0.368. The molecule has 2 aromatic carbocycles. The lowest BCUT2D eigenvalue weighted by Gasteiger charge is -2.10. The zero-order chi connectivity index (χ0) is 14.4. The molecule has 3 rings (SSSR count). The summed E-state index contributed by atoms with van der Waals surface area (Å²) in [5.41, 5.74) is 5.70. The highest BCUT2D eigenvalue weighted by Crippen LogP contribution is 2.27. The number of aromatic nitrogens is 2. The fourth-order valence-electron chi connectivity index (χ4n) is 2.39. The first kappa shape index (κ1) is 14.3. The van der Waals surface area contributed by atoms with Crippen LogP contribution in [-0.4, -0.2) is 9.55 Å². The Morgan fingerprint density at radius 1 is 1.15 bits per heavy atom. The first-order valence-corrected chi connectivity index (χ1v) is 8.43. The van der Waals surface area contributed by atoms with E-state index < -0.39 is 0 Å². The molecule has 0 radical (unpaired) electrons. The van der Waals surface area contributed by atoms with Crippen LogP contribution in [0.4, 0.5) is 0 Å². The van der Waals surface area contributed by atoms with Gasteiger partial charge >= 0.3 is 0 Å². The van der Waals surface area contributed by atoms with E-state index in [-0.39, 0.29) is 0 Å². The summed E-state index contributed by atoms with van der Waals surface area (Å²) in [6.07, 6.45) is 0. The second kappa shape index (κ2) is 5.27. The largest absolute Gasteiger partial charge is 0.330 e. The second-order valence-corrected chi connectivity index (χ2v) is 7.25. The predicted molar refractivity (Wildman–Crippen MR) is 98.4 cm³/mol.